The Bertz CT molecular complexity index is 1420. The molecule has 5 rings (SSSR count). The van der Waals surface area contributed by atoms with Gasteiger partial charge in [-0.25, -0.2) is 9.97 Å². The van der Waals surface area contributed by atoms with Gasteiger partial charge >= 0.3 is 0 Å². The fourth-order valence-corrected chi connectivity index (χ4v) is 5.67. The van der Waals surface area contributed by atoms with Crippen LogP contribution in [0.2, 0.25) is 0 Å². The lowest BCUT2D eigenvalue weighted by molar-refractivity contribution is 0.780. The molecular weight excluding hydrogens is 422 g/mol. The van der Waals surface area contributed by atoms with Gasteiger partial charge in [0.2, 0.25) is 0 Å². The van der Waals surface area contributed by atoms with E-state index in [1.165, 1.54) is 4.70 Å². The first-order chi connectivity index (χ1) is 15.1. The van der Waals surface area contributed by atoms with E-state index in [9.17, 15) is 4.79 Å². The van der Waals surface area contributed by atoms with Crippen molar-refractivity contribution in [3.8, 4) is 5.69 Å². The molecule has 0 aliphatic rings. The van der Waals surface area contributed by atoms with Crippen LogP contribution in [0.25, 0.3) is 26.8 Å². The highest BCUT2D eigenvalue weighted by atomic mass is 32.2. The molecule has 0 aliphatic carbocycles. The van der Waals surface area contributed by atoms with Crippen molar-refractivity contribution < 1.29 is 0 Å². The highest BCUT2D eigenvalue weighted by Gasteiger charge is 2.17. The van der Waals surface area contributed by atoms with Gasteiger partial charge in [-0.05, 0) is 41.8 Å². The lowest BCUT2D eigenvalue weighted by Crippen LogP contribution is -2.23. The number of hydrogen-bond acceptors (Lipinski definition) is 5. The summed E-state index contributed by atoms with van der Waals surface area (Å²) in [5.74, 6) is 0.949. The highest BCUT2D eigenvalue weighted by Crippen LogP contribution is 2.31. The number of fused-ring (bicyclic) bond motifs is 2. The van der Waals surface area contributed by atoms with E-state index < -0.39 is 0 Å². The van der Waals surface area contributed by atoms with E-state index in [2.05, 4.69) is 26.0 Å². The second-order valence-electron chi connectivity index (χ2n) is 7.63. The van der Waals surface area contributed by atoms with Gasteiger partial charge in [0, 0.05) is 0 Å². The zero-order valence-corrected chi connectivity index (χ0v) is 18.9. The maximum absolute atomic E-state index is 13.6. The molecule has 0 unspecified atom stereocenters. The minimum Gasteiger partial charge on any atom is -0.268 e. The minimum absolute atomic E-state index is 0.0366. The zero-order chi connectivity index (χ0) is 21.4. The summed E-state index contributed by atoms with van der Waals surface area (Å²) >= 11 is 3.25. The molecule has 0 saturated heterocycles. The lowest BCUT2D eigenvalue weighted by atomic mass is 10.0. The van der Waals surface area contributed by atoms with E-state index in [0.717, 1.165) is 27.3 Å². The molecule has 0 bridgehead atoms. The fraction of sp³-hybridized carbons (Fsp3) is 0.160. The van der Waals surface area contributed by atoms with Crippen molar-refractivity contribution in [1.82, 2.24) is 14.5 Å². The molecule has 4 nitrogen and oxygen atoms in total. The quantitative estimate of drug-likeness (QED) is 0.233. The number of aromatic nitrogens is 3. The van der Waals surface area contributed by atoms with Crippen LogP contribution in [-0.4, -0.2) is 14.5 Å². The Morgan fingerprint density at radius 1 is 0.903 bits per heavy atom. The SMILES string of the molecule is CC(C)c1ccccc1-n1c(SCc2nc3ccccc3s2)nc2ccccc2c1=O. The summed E-state index contributed by atoms with van der Waals surface area (Å²) in [6, 6.07) is 23.8. The van der Waals surface area contributed by atoms with Crippen LogP contribution in [0.3, 0.4) is 0 Å². The van der Waals surface area contributed by atoms with Crippen LogP contribution < -0.4 is 5.56 Å². The summed E-state index contributed by atoms with van der Waals surface area (Å²) in [4.78, 5) is 23.2. The lowest BCUT2D eigenvalue weighted by Gasteiger charge is -2.18. The van der Waals surface area contributed by atoms with Crippen LogP contribution in [-0.2, 0) is 5.75 Å². The van der Waals surface area contributed by atoms with Crippen molar-refractivity contribution in [3.63, 3.8) is 0 Å². The fourth-order valence-electron chi connectivity index (χ4n) is 3.71. The van der Waals surface area contributed by atoms with Gasteiger partial charge in [-0.15, -0.1) is 11.3 Å². The van der Waals surface area contributed by atoms with Crippen molar-refractivity contribution in [2.24, 2.45) is 0 Å². The molecule has 0 amide bonds. The molecule has 31 heavy (non-hydrogen) atoms. The third-order valence-corrected chi connectivity index (χ3v) is 7.38. The smallest absolute Gasteiger partial charge is 0.266 e. The standard InChI is InChI=1S/C25H21N3OS2/c1-16(2)17-9-4-7-13-21(17)28-24(29)18-10-3-5-11-19(18)27-25(28)30-15-23-26-20-12-6-8-14-22(20)31-23/h3-14,16H,15H2,1-2H3. The van der Waals surface area contributed by atoms with E-state index in [0.29, 0.717) is 16.3 Å². The van der Waals surface area contributed by atoms with Crippen molar-refractivity contribution in [2.75, 3.05) is 0 Å². The van der Waals surface area contributed by atoms with Gasteiger partial charge in [-0.2, -0.15) is 0 Å². The normalized spacial score (nSPS) is 11.6. The predicted octanol–water partition coefficient (Wildman–Crippen LogP) is 6.41. The van der Waals surface area contributed by atoms with Crippen LogP contribution >= 0.6 is 23.1 Å². The van der Waals surface area contributed by atoms with Crippen molar-refractivity contribution >= 4 is 44.2 Å². The minimum atomic E-state index is -0.0366. The maximum atomic E-state index is 13.6. The summed E-state index contributed by atoms with van der Waals surface area (Å²) in [5.41, 5.74) is 3.72. The Morgan fingerprint density at radius 2 is 1.61 bits per heavy atom. The molecule has 0 N–H and O–H groups in total. The van der Waals surface area contributed by atoms with Crippen LogP contribution in [0.15, 0.2) is 82.7 Å². The Hall–Kier alpha value is -2.96. The Kier molecular flexibility index (Phi) is 5.34. The molecule has 0 spiro atoms. The summed E-state index contributed by atoms with van der Waals surface area (Å²) in [6.07, 6.45) is 0. The highest BCUT2D eigenvalue weighted by molar-refractivity contribution is 7.98. The molecule has 0 aliphatic heterocycles. The molecule has 5 aromatic rings. The molecule has 3 aromatic carbocycles. The average Bonchev–Trinajstić information content (AvgIpc) is 3.21. The van der Waals surface area contributed by atoms with Gasteiger partial charge in [0.1, 0.15) is 5.01 Å². The summed E-state index contributed by atoms with van der Waals surface area (Å²) in [7, 11) is 0. The van der Waals surface area contributed by atoms with E-state index in [-0.39, 0.29) is 11.5 Å². The molecule has 2 aromatic heterocycles. The van der Waals surface area contributed by atoms with Crippen molar-refractivity contribution in [3.05, 3.63) is 93.7 Å². The average molecular weight is 444 g/mol. The molecule has 0 atom stereocenters. The monoisotopic (exact) mass is 443 g/mol. The van der Waals surface area contributed by atoms with Crippen molar-refractivity contribution in [1.29, 1.82) is 0 Å². The van der Waals surface area contributed by atoms with Crippen molar-refractivity contribution in [2.45, 2.75) is 30.7 Å². The number of hydrogen-bond donors (Lipinski definition) is 0. The predicted molar refractivity (Wildman–Crippen MR) is 131 cm³/mol. The Balaban J connectivity index is 1.64. The second-order valence-corrected chi connectivity index (χ2v) is 9.69. The Morgan fingerprint density at radius 3 is 2.42 bits per heavy atom. The van der Waals surface area contributed by atoms with E-state index in [1.54, 1.807) is 27.7 Å². The molecule has 6 heteroatoms. The molecule has 0 radical (unpaired) electrons. The number of thiazole rings is 1. The second kappa shape index (κ2) is 8.29. The topological polar surface area (TPSA) is 47.8 Å². The molecule has 0 saturated carbocycles. The Labute approximate surface area is 188 Å². The number of thioether (sulfide) groups is 1. The van der Waals surface area contributed by atoms with Gasteiger partial charge in [0.25, 0.3) is 5.56 Å². The zero-order valence-electron chi connectivity index (χ0n) is 17.3. The third kappa shape index (κ3) is 3.77. The van der Waals surface area contributed by atoms with Gasteiger partial charge in [0.15, 0.2) is 5.16 Å². The van der Waals surface area contributed by atoms with Crippen LogP contribution in [0.1, 0.15) is 30.3 Å². The first kappa shape index (κ1) is 20.0. The maximum Gasteiger partial charge on any atom is 0.266 e. The van der Waals surface area contributed by atoms with E-state index in [4.69, 9.17) is 9.97 Å². The summed E-state index contributed by atoms with van der Waals surface area (Å²) < 4.78 is 2.95. The first-order valence-corrected chi connectivity index (χ1v) is 12.0. The molecular formula is C25H21N3OS2. The third-order valence-electron chi connectivity index (χ3n) is 5.21. The largest absolute Gasteiger partial charge is 0.268 e. The molecule has 0 fully saturated rings. The van der Waals surface area contributed by atoms with Gasteiger partial charge in [-0.1, -0.05) is 68.1 Å². The van der Waals surface area contributed by atoms with Gasteiger partial charge < -0.3 is 0 Å². The van der Waals surface area contributed by atoms with Crippen LogP contribution in [0.4, 0.5) is 0 Å². The summed E-state index contributed by atoms with van der Waals surface area (Å²) in [6.45, 7) is 4.29. The summed E-state index contributed by atoms with van der Waals surface area (Å²) in [5, 5.41) is 2.35. The van der Waals surface area contributed by atoms with E-state index in [1.807, 2.05) is 60.7 Å². The molecule has 2 heterocycles. The van der Waals surface area contributed by atoms with Gasteiger partial charge in [0.05, 0.1) is 32.6 Å². The number of para-hydroxylation sites is 3. The van der Waals surface area contributed by atoms with Crippen LogP contribution in [0, 0.1) is 0 Å². The first-order valence-electron chi connectivity index (χ1n) is 10.2. The van der Waals surface area contributed by atoms with E-state index >= 15 is 0 Å². The number of rotatable bonds is 5. The van der Waals surface area contributed by atoms with Gasteiger partial charge in [-0.3, -0.25) is 9.36 Å². The number of benzene rings is 3. The number of nitrogens with zero attached hydrogens (tertiary/aromatic N) is 3. The molecule has 154 valence electrons. The van der Waals surface area contributed by atoms with Crippen LogP contribution in [0.5, 0.6) is 0 Å².